The molecule has 21 nitrogen and oxygen atoms in total. The van der Waals surface area contributed by atoms with Crippen molar-refractivity contribution < 1.29 is 38.1 Å². The number of esters is 4. The van der Waals surface area contributed by atoms with Gasteiger partial charge in [-0.3, -0.25) is 29.0 Å². The Balaban J connectivity index is 2.33. The van der Waals surface area contributed by atoms with E-state index in [-0.39, 0.29) is 37.2 Å². The first-order valence-corrected chi connectivity index (χ1v) is 21.9. The minimum absolute atomic E-state index is 0.143. The monoisotopic (exact) mass is 888 g/mol. The zero-order chi connectivity index (χ0) is 46.6. The van der Waals surface area contributed by atoms with Gasteiger partial charge in [0, 0.05) is 0 Å². The van der Waals surface area contributed by atoms with Gasteiger partial charge in [-0.15, -0.1) is 0 Å². The van der Waals surface area contributed by atoms with Crippen LogP contribution >= 0.6 is 0 Å². The number of H-pyrrole nitrogens is 1. The quantitative estimate of drug-likeness (QED) is 0.0193. The maximum Gasteiger partial charge on any atom is 0.349 e. The Hall–Kier alpha value is -4.90. The lowest BCUT2D eigenvalue weighted by atomic mass is 10.0. The van der Waals surface area contributed by atoms with Gasteiger partial charge in [-0.05, 0) is 102 Å². The highest BCUT2D eigenvalue weighted by atomic mass is 16.6. The molecule has 7 unspecified atom stereocenters. The van der Waals surface area contributed by atoms with Crippen LogP contribution in [0.2, 0.25) is 0 Å². The first kappa shape index (κ1) is 52.4. The number of aromatic amines is 1. The second kappa shape index (κ2) is 26.7. The fourth-order valence-corrected chi connectivity index (χ4v) is 6.79. The summed E-state index contributed by atoms with van der Waals surface area (Å²) in [6.07, 6.45) is 0.952. The molecule has 21 heteroatoms. The number of unbranched alkanes of at least 4 members (excludes halogenated alkanes) is 5. The van der Waals surface area contributed by atoms with Crippen molar-refractivity contribution in [2.24, 2.45) is 40.1 Å². The summed E-state index contributed by atoms with van der Waals surface area (Å²) in [6.45, 7) is 5.47. The lowest BCUT2D eigenvalue weighted by Gasteiger charge is -2.35. The maximum atomic E-state index is 14.0. The number of benzene rings is 1. The molecule has 0 bridgehead atoms. The molecular formula is C42H69N11O10. The van der Waals surface area contributed by atoms with Gasteiger partial charge in [0.1, 0.15) is 30.8 Å². The third-order valence-corrected chi connectivity index (χ3v) is 10.7. The Kier molecular flexibility index (Phi) is 22.2. The van der Waals surface area contributed by atoms with Crippen LogP contribution < -0.4 is 51.4 Å². The number of ether oxygens (including phenoxy) is 4. The summed E-state index contributed by atoms with van der Waals surface area (Å²) in [5.74, 6) is -3.94. The number of aryl methyl sites for hydroxylation is 2. The largest absolute Gasteiger partial charge is 0.460 e. The normalized spacial score (nSPS) is 15.0. The second-order valence-electron chi connectivity index (χ2n) is 15.9. The first-order valence-electron chi connectivity index (χ1n) is 21.9. The predicted octanol–water partition coefficient (Wildman–Crippen LogP) is -0.243. The Morgan fingerprint density at radius 3 is 1.65 bits per heavy atom. The highest BCUT2D eigenvalue weighted by Crippen LogP contribution is 2.27. The fraction of sp³-hybridized carbons (Fsp3) is 0.667. The number of nitrogens with one attached hydrogen (secondary N) is 1. The van der Waals surface area contributed by atoms with Gasteiger partial charge in [0.2, 0.25) is 0 Å². The van der Waals surface area contributed by atoms with E-state index in [9.17, 15) is 28.8 Å². The number of fused-ring (bicyclic) bond motifs is 2. The molecule has 0 amide bonds. The maximum absolute atomic E-state index is 14.0. The van der Waals surface area contributed by atoms with Gasteiger partial charge < -0.3 is 63.7 Å². The molecule has 2 aliphatic rings. The average Bonchev–Trinajstić information content (AvgIpc) is 3.24. The molecule has 3 rings (SSSR count). The van der Waals surface area contributed by atoms with E-state index in [2.05, 4.69) is 15.0 Å². The number of hydrogen-bond donors (Lipinski definition) is 8. The molecule has 0 aromatic heterocycles. The van der Waals surface area contributed by atoms with Crippen molar-refractivity contribution >= 4 is 34.9 Å². The summed E-state index contributed by atoms with van der Waals surface area (Å²) in [6, 6.07) is -1.23. The summed E-state index contributed by atoms with van der Waals surface area (Å²) in [7, 11) is 0. The average molecular weight is 888 g/mol. The van der Waals surface area contributed by atoms with Crippen LogP contribution in [0.4, 0.5) is 0 Å². The van der Waals surface area contributed by atoms with E-state index in [1.54, 1.807) is 12.1 Å². The van der Waals surface area contributed by atoms with Crippen molar-refractivity contribution in [1.29, 1.82) is 0 Å². The van der Waals surface area contributed by atoms with Crippen LogP contribution in [0.25, 0.3) is 22.6 Å². The molecule has 0 spiro atoms. The van der Waals surface area contributed by atoms with Gasteiger partial charge in [-0.25, -0.2) is 9.78 Å². The molecule has 1 aromatic rings. The van der Waals surface area contributed by atoms with Crippen LogP contribution in [-0.4, -0.2) is 112 Å². The van der Waals surface area contributed by atoms with E-state index in [0.717, 1.165) is 24.0 Å². The number of rotatable bonds is 29. The van der Waals surface area contributed by atoms with E-state index in [1.165, 1.54) is 4.57 Å². The van der Waals surface area contributed by atoms with Crippen LogP contribution in [-0.2, 0) is 44.7 Å². The summed E-state index contributed by atoms with van der Waals surface area (Å²) in [4.78, 5) is 91.9. The van der Waals surface area contributed by atoms with E-state index < -0.39 is 90.8 Å². The van der Waals surface area contributed by atoms with Crippen molar-refractivity contribution in [3.05, 3.63) is 44.1 Å². The van der Waals surface area contributed by atoms with Crippen LogP contribution in [0.3, 0.4) is 0 Å². The molecule has 0 radical (unpaired) electrons. The van der Waals surface area contributed by atoms with Gasteiger partial charge in [0.05, 0.1) is 17.6 Å². The Bertz CT molecular complexity index is 2030. The molecule has 0 aliphatic carbocycles. The Labute approximate surface area is 367 Å². The highest BCUT2D eigenvalue weighted by Gasteiger charge is 2.42. The topological polar surface area (TPSA) is 368 Å². The number of nitrogens with zero attached hydrogens (tertiary/aromatic N) is 3. The smallest absolute Gasteiger partial charge is 0.349 e. The number of hydrogen-bond acceptors (Lipinski definition) is 19. The molecule has 63 heavy (non-hydrogen) atoms. The zero-order valence-corrected chi connectivity index (χ0v) is 36.9. The van der Waals surface area contributed by atoms with Gasteiger partial charge in [0.15, 0.2) is 29.8 Å². The summed E-state index contributed by atoms with van der Waals surface area (Å²) in [5, 5.41) is 0. The lowest BCUT2D eigenvalue weighted by Crippen LogP contribution is -2.53. The third kappa shape index (κ3) is 16.0. The molecule has 2 heterocycles. The lowest BCUT2D eigenvalue weighted by molar-refractivity contribution is -0.195. The standard InChI is InChI=1S/C42H69N11O10/c1-4-5-6-13-27(47)40(57)62-33(23-60-38(55)26(46)14-7-10-17-43)35(63-41(58)29(49)16-9-12-19-45)32(61-39(56)28(48)15-8-11-18-44)22-53-31-21-25(3)24(2)20-30(31)50-34-36(53)51-42(59)52-37(34)54/h20-21,26-29,32-33,35H,4-19,22-23,43-49H2,1-3H3,(H,52,54,59). The highest BCUT2D eigenvalue weighted by molar-refractivity contribution is 5.81. The van der Waals surface area contributed by atoms with Crippen LogP contribution in [0.1, 0.15) is 102 Å². The van der Waals surface area contributed by atoms with Gasteiger partial charge in [-0.1, -0.05) is 45.4 Å². The van der Waals surface area contributed by atoms with E-state index in [0.29, 0.717) is 75.6 Å². The van der Waals surface area contributed by atoms with Crippen molar-refractivity contribution in [1.82, 2.24) is 19.5 Å². The summed E-state index contributed by atoms with van der Waals surface area (Å²) < 4.78 is 25.3. The SMILES string of the molecule is CCCCCC(N)C(=O)OC(COC(=O)C(N)CCCCN)C(OC(=O)C(N)CCCCN)C(Cn1c2nc(=O)[nH]c(=O)c-2nc2cc(C)c(C)cc21)OC(=O)C(N)CCCCN. The Morgan fingerprint density at radius 2 is 1.13 bits per heavy atom. The second-order valence-corrected chi connectivity index (χ2v) is 15.9. The van der Waals surface area contributed by atoms with Crippen molar-refractivity contribution in [3.8, 4) is 11.5 Å². The summed E-state index contributed by atoms with van der Waals surface area (Å²) >= 11 is 0. The summed E-state index contributed by atoms with van der Waals surface area (Å²) in [5.41, 5.74) is 42.3. The van der Waals surface area contributed by atoms with Crippen molar-refractivity contribution in [3.63, 3.8) is 0 Å². The molecule has 15 N–H and O–H groups in total. The van der Waals surface area contributed by atoms with Crippen LogP contribution in [0.5, 0.6) is 0 Å². The van der Waals surface area contributed by atoms with Gasteiger partial charge >= 0.3 is 29.6 Å². The molecule has 352 valence electrons. The fourth-order valence-electron chi connectivity index (χ4n) is 6.79. The number of aromatic nitrogens is 4. The van der Waals surface area contributed by atoms with E-state index >= 15 is 0 Å². The Morgan fingerprint density at radius 1 is 0.651 bits per heavy atom. The van der Waals surface area contributed by atoms with Crippen LogP contribution in [0, 0.1) is 13.8 Å². The van der Waals surface area contributed by atoms with Gasteiger partial charge in [-0.2, -0.15) is 4.98 Å². The molecular weight excluding hydrogens is 819 g/mol. The number of nitrogens with two attached hydrogens (primary N) is 7. The number of carbonyl (C=O) groups excluding carboxylic acids is 4. The molecule has 7 atom stereocenters. The van der Waals surface area contributed by atoms with E-state index in [1.807, 2.05) is 20.8 Å². The van der Waals surface area contributed by atoms with Crippen LogP contribution in [0.15, 0.2) is 21.7 Å². The molecule has 2 aliphatic heterocycles. The molecule has 0 saturated heterocycles. The molecule has 0 saturated carbocycles. The third-order valence-electron chi connectivity index (χ3n) is 10.7. The first-order chi connectivity index (χ1) is 30.1. The minimum Gasteiger partial charge on any atom is -0.460 e. The van der Waals surface area contributed by atoms with Crippen molar-refractivity contribution in [2.75, 3.05) is 26.2 Å². The molecule has 0 fully saturated rings. The predicted molar refractivity (Wildman–Crippen MR) is 236 cm³/mol. The van der Waals surface area contributed by atoms with E-state index in [4.69, 9.17) is 59.1 Å². The number of carbonyl (C=O) groups is 4. The molecule has 1 aromatic carbocycles. The van der Waals surface area contributed by atoms with Crippen molar-refractivity contribution in [2.45, 2.75) is 153 Å². The minimum atomic E-state index is -1.81. The van der Waals surface area contributed by atoms with Gasteiger partial charge in [0.25, 0.3) is 5.56 Å². The zero-order valence-electron chi connectivity index (χ0n) is 36.9.